The van der Waals surface area contributed by atoms with E-state index in [1.807, 2.05) is 41.5 Å². The summed E-state index contributed by atoms with van der Waals surface area (Å²) >= 11 is 0. The Morgan fingerprint density at radius 3 is 2.12 bits per heavy atom. The maximum Gasteiger partial charge on any atom is 0.320 e. The molecule has 0 aliphatic carbocycles. The Morgan fingerprint density at radius 1 is 1.18 bits per heavy atom. The van der Waals surface area contributed by atoms with E-state index in [4.69, 9.17) is 4.74 Å². The summed E-state index contributed by atoms with van der Waals surface area (Å²) in [5, 5.41) is 0. The van der Waals surface area contributed by atoms with Crippen molar-refractivity contribution in [1.29, 1.82) is 0 Å². The van der Waals surface area contributed by atoms with Crippen LogP contribution >= 0.6 is 0 Å². The lowest BCUT2D eigenvalue weighted by Gasteiger charge is -2.47. The third-order valence-corrected chi connectivity index (χ3v) is 4.33. The molecule has 0 amide bonds. The summed E-state index contributed by atoms with van der Waals surface area (Å²) in [6.07, 6.45) is 2.26. The molecule has 2 unspecified atom stereocenters. The van der Waals surface area contributed by atoms with Crippen LogP contribution in [0.25, 0.3) is 0 Å². The van der Waals surface area contributed by atoms with E-state index in [0.29, 0.717) is 6.42 Å². The van der Waals surface area contributed by atoms with Crippen LogP contribution in [0.5, 0.6) is 0 Å². The van der Waals surface area contributed by atoms with Crippen molar-refractivity contribution in [3.8, 4) is 0 Å². The van der Waals surface area contributed by atoms with Crippen molar-refractivity contribution in [2.75, 3.05) is 0 Å². The zero-order valence-electron chi connectivity index (χ0n) is 11.8. The molecule has 0 aromatic heterocycles. The molecule has 0 spiro atoms. The van der Waals surface area contributed by atoms with E-state index in [1.54, 1.807) is 0 Å². The second-order valence-electron chi connectivity index (χ2n) is 6.75. The SMILES string of the molecule is CCCC1(C)CC(C)(C(C)(C)C)C(=O)OC1=O. The number of esters is 2. The van der Waals surface area contributed by atoms with Crippen molar-refractivity contribution < 1.29 is 14.3 Å². The highest BCUT2D eigenvalue weighted by Crippen LogP contribution is 2.52. The molecule has 1 heterocycles. The fraction of sp³-hybridized carbons (Fsp3) is 0.857. The molecule has 2 atom stereocenters. The number of hydrogen-bond donors (Lipinski definition) is 0. The highest BCUT2D eigenvalue weighted by molar-refractivity contribution is 5.95. The molecule has 1 rings (SSSR count). The maximum atomic E-state index is 12.0. The van der Waals surface area contributed by atoms with Crippen LogP contribution in [-0.4, -0.2) is 11.9 Å². The Hall–Kier alpha value is -0.860. The van der Waals surface area contributed by atoms with Gasteiger partial charge in [-0.3, -0.25) is 9.59 Å². The van der Waals surface area contributed by atoms with Crippen LogP contribution in [0.3, 0.4) is 0 Å². The van der Waals surface area contributed by atoms with Gasteiger partial charge >= 0.3 is 11.9 Å². The molecular weight excluding hydrogens is 216 g/mol. The van der Waals surface area contributed by atoms with Gasteiger partial charge < -0.3 is 4.74 Å². The summed E-state index contributed by atoms with van der Waals surface area (Å²) in [5.41, 5.74) is -1.32. The van der Waals surface area contributed by atoms with E-state index < -0.39 is 10.8 Å². The van der Waals surface area contributed by atoms with E-state index in [0.717, 1.165) is 12.8 Å². The summed E-state index contributed by atoms with van der Waals surface area (Å²) in [6.45, 7) is 11.9. The van der Waals surface area contributed by atoms with Gasteiger partial charge in [0.15, 0.2) is 0 Å². The first kappa shape index (κ1) is 14.2. The Bertz CT molecular complexity index is 340. The van der Waals surface area contributed by atoms with Gasteiger partial charge in [0.2, 0.25) is 0 Å². The van der Waals surface area contributed by atoms with Gasteiger partial charge in [0.25, 0.3) is 0 Å². The minimum atomic E-state index is -0.592. The largest absolute Gasteiger partial charge is 0.392 e. The summed E-state index contributed by atoms with van der Waals surface area (Å²) in [5.74, 6) is -0.727. The first-order chi connectivity index (χ1) is 7.57. The van der Waals surface area contributed by atoms with Crippen LogP contribution in [-0.2, 0) is 14.3 Å². The van der Waals surface area contributed by atoms with Crippen molar-refractivity contribution in [3.05, 3.63) is 0 Å². The van der Waals surface area contributed by atoms with Crippen LogP contribution < -0.4 is 0 Å². The topological polar surface area (TPSA) is 43.4 Å². The molecule has 0 bridgehead atoms. The standard InChI is InChI=1S/C14H24O3/c1-7-8-13(5)9-14(6,12(2,3)4)11(16)17-10(13)15/h7-9H2,1-6H3. The Morgan fingerprint density at radius 2 is 1.71 bits per heavy atom. The van der Waals surface area contributed by atoms with Crippen LogP contribution in [0.1, 0.15) is 60.8 Å². The van der Waals surface area contributed by atoms with Gasteiger partial charge in [-0.05, 0) is 32.1 Å². The van der Waals surface area contributed by atoms with Crippen molar-refractivity contribution in [2.24, 2.45) is 16.2 Å². The van der Waals surface area contributed by atoms with E-state index in [1.165, 1.54) is 0 Å². The number of ether oxygens (including phenoxy) is 1. The molecule has 3 nitrogen and oxygen atoms in total. The predicted octanol–water partition coefficient (Wildman–Crippen LogP) is 3.32. The van der Waals surface area contributed by atoms with Gasteiger partial charge in [0.05, 0.1) is 10.8 Å². The zero-order valence-corrected chi connectivity index (χ0v) is 11.8. The molecule has 17 heavy (non-hydrogen) atoms. The predicted molar refractivity (Wildman–Crippen MR) is 66.3 cm³/mol. The van der Waals surface area contributed by atoms with Crippen molar-refractivity contribution >= 4 is 11.9 Å². The second-order valence-corrected chi connectivity index (χ2v) is 6.75. The van der Waals surface area contributed by atoms with Crippen LogP contribution in [0.15, 0.2) is 0 Å². The van der Waals surface area contributed by atoms with E-state index >= 15 is 0 Å². The molecule has 1 saturated heterocycles. The molecule has 0 aromatic rings. The number of carbonyl (C=O) groups excluding carboxylic acids is 2. The number of rotatable bonds is 2. The van der Waals surface area contributed by atoms with Gasteiger partial charge in [-0.1, -0.05) is 34.1 Å². The molecule has 0 saturated carbocycles. The summed E-state index contributed by atoms with van der Waals surface area (Å²) in [6, 6.07) is 0. The third-order valence-electron chi connectivity index (χ3n) is 4.33. The van der Waals surface area contributed by atoms with Crippen LogP contribution in [0, 0.1) is 16.2 Å². The highest BCUT2D eigenvalue weighted by Gasteiger charge is 2.56. The van der Waals surface area contributed by atoms with Gasteiger partial charge in [-0.25, -0.2) is 0 Å². The van der Waals surface area contributed by atoms with Gasteiger partial charge in [-0.2, -0.15) is 0 Å². The molecule has 98 valence electrons. The smallest absolute Gasteiger partial charge is 0.320 e. The molecular formula is C14H24O3. The average molecular weight is 240 g/mol. The molecule has 0 aromatic carbocycles. The van der Waals surface area contributed by atoms with Crippen LogP contribution in [0.2, 0.25) is 0 Å². The van der Waals surface area contributed by atoms with Crippen LogP contribution in [0.4, 0.5) is 0 Å². The molecule has 1 aliphatic rings. The van der Waals surface area contributed by atoms with Gasteiger partial charge in [-0.15, -0.1) is 0 Å². The van der Waals surface area contributed by atoms with Gasteiger partial charge in [0, 0.05) is 0 Å². The molecule has 1 aliphatic heterocycles. The minimum Gasteiger partial charge on any atom is -0.392 e. The van der Waals surface area contributed by atoms with Crippen molar-refractivity contribution in [1.82, 2.24) is 0 Å². The molecule has 0 radical (unpaired) electrons. The Kier molecular flexibility index (Phi) is 3.43. The number of cyclic esters (lactones) is 2. The first-order valence-electron chi connectivity index (χ1n) is 6.33. The maximum absolute atomic E-state index is 12.0. The van der Waals surface area contributed by atoms with Crippen molar-refractivity contribution in [2.45, 2.75) is 60.8 Å². The fourth-order valence-electron chi connectivity index (χ4n) is 2.56. The first-order valence-corrected chi connectivity index (χ1v) is 6.33. The van der Waals surface area contributed by atoms with E-state index in [-0.39, 0.29) is 17.4 Å². The molecule has 3 heteroatoms. The average Bonchev–Trinajstić information content (AvgIpc) is 2.13. The Balaban J connectivity index is 3.12. The zero-order chi connectivity index (χ0) is 13.5. The number of hydrogen-bond acceptors (Lipinski definition) is 3. The second kappa shape index (κ2) is 4.11. The van der Waals surface area contributed by atoms with E-state index in [2.05, 4.69) is 0 Å². The normalized spacial score (nSPS) is 34.7. The number of carbonyl (C=O) groups is 2. The Labute approximate surface area is 104 Å². The fourth-order valence-corrected chi connectivity index (χ4v) is 2.56. The summed E-state index contributed by atoms with van der Waals surface area (Å²) in [4.78, 5) is 23.9. The third kappa shape index (κ3) is 2.24. The van der Waals surface area contributed by atoms with E-state index in [9.17, 15) is 9.59 Å². The lowest BCUT2D eigenvalue weighted by atomic mass is 9.58. The highest BCUT2D eigenvalue weighted by atomic mass is 16.6. The lowest BCUT2D eigenvalue weighted by Crippen LogP contribution is -2.53. The molecule has 0 N–H and O–H groups in total. The monoisotopic (exact) mass is 240 g/mol. The lowest BCUT2D eigenvalue weighted by molar-refractivity contribution is -0.192. The molecule has 1 fully saturated rings. The minimum absolute atomic E-state index is 0.209. The summed E-state index contributed by atoms with van der Waals surface area (Å²) < 4.78 is 5.02. The van der Waals surface area contributed by atoms with Crippen molar-refractivity contribution in [3.63, 3.8) is 0 Å². The van der Waals surface area contributed by atoms with Gasteiger partial charge in [0.1, 0.15) is 0 Å². The summed E-state index contributed by atoms with van der Waals surface area (Å²) in [7, 11) is 0. The quantitative estimate of drug-likeness (QED) is 0.549.